The van der Waals surface area contributed by atoms with Gasteiger partial charge in [-0.3, -0.25) is 4.79 Å². The summed E-state index contributed by atoms with van der Waals surface area (Å²) < 4.78 is 5.18. The topological polar surface area (TPSA) is 29.5 Å². The molecule has 0 unspecified atom stereocenters. The second kappa shape index (κ2) is 7.69. The second-order valence-electron chi connectivity index (χ2n) is 5.38. The van der Waals surface area contributed by atoms with Gasteiger partial charge in [0.25, 0.3) is 0 Å². The van der Waals surface area contributed by atoms with E-state index < -0.39 is 0 Å². The number of nitrogens with zero attached hydrogens (tertiary/aromatic N) is 1. The van der Waals surface area contributed by atoms with E-state index in [2.05, 4.69) is 11.8 Å². The highest BCUT2D eigenvalue weighted by atomic mass is 32.1. The number of ether oxygens (including phenoxy) is 1. The molecule has 1 aromatic heterocycles. The number of hydrogen-bond acceptors (Lipinski definition) is 3. The maximum Gasteiger partial charge on any atom is 0.303 e. The molecule has 0 saturated carbocycles. The van der Waals surface area contributed by atoms with Crippen molar-refractivity contribution in [2.45, 2.75) is 0 Å². The van der Waals surface area contributed by atoms with Gasteiger partial charge in [-0.2, -0.15) is 0 Å². The summed E-state index contributed by atoms with van der Waals surface area (Å²) in [6, 6.07) is 19.3. The van der Waals surface area contributed by atoms with Gasteiger partial charge in [-0.25, -0.2) is 0 Å². The van der Waals surface area contributed by atoms with Gasteiger partial charge in [0.1, 0.15) is 5.75 Å². The van der Waals surface area contributed by atoms with E-state index in [0.29, 0.717) is 0 Å². The SMILES string of the molecule is COc1ccc(-c2cc(N(C)C(=O)C#Cc3ccccc3)cs2)cc1. The first-order chi connectivity index (χ1) is 12.2. The van der Waals surface area contributed by atoms with Gasteiger partial charge in [0, 0.05) is 28.8 Å². The lowest BCUT2D eigenvalue weighted by Crippen LogP contribution is -2.23. The maximum atomic E-state index is 12.3. The molecule has 0 radical (unpaired) electrons. The Bertz CT molecular complexity index is 918. The quantitative estimate of drug-likeness (QED) is 0.656. The smallest absolute Gasteiger partial charge is 0.303 e. The predicted octanol–water partition coefficient (Wildman–Crippen LogP) is 4.44. The Morgan fingerprint density at radius 1 is 1.08 bits per heavy atom. The van der Waals surface area contributed by atoms with Crippen LogP contribution < -0.4 is 9.64 Å². The molecule has 3 rings (SSSR count). The van der Waals surface area contributed by atoms with Gasteiger partial charge in [-0.05, 0) is 48.0 Å². The minimum Gasteiger partial charge on any atom is -0.497 e. The van der Waals surface area contributed by atoms with Gasteiger partial charge in [-0.15, -0.1) is 11.3 Å². The van der Waals surface area contributed by atoms with E-state index in [-0.39, 0.29) is 5.91 Å². The van der Waals surface area contributed by atoms with E-state index in [4.69, 9.17) is 4.74 Å². The highest BCUT2D eigenvalue weighted by Gasteiger charge is 2.11. The third kappa shape index (κ3) is 4.09. The zero-order valence-electron chi connectivity index (χ0n) is 14.0. The molecule has 0 aliphatic carbocycles. The number of hydrogen-bond donors (Lipinski definition) is 0. The Kier molecular flexibility index (Phi) is 5.17. The Balaban J connectivity index is 1.74. The molecule has 2 aromatic carbocycles. The third-order valence-electron chi connectivity index (χ3n) is 3.74. The average molecular weight is 347 g/mol. The summed E-state index contributed by atoms with van der Waals surface area (Å²) in [6.07, 6.45) is 0. The fraction of sp³-hybridized carbons (Fsp3) is 0.0952. The molecule has 124 valence electrons. The van der Waals surface area contributed by atoms with Crippen LogP contribution in [0.2, 0.25) is 0 Å². The van der Waals surface area contributed by atoms with Gasteiger partial charge in [-0.1, -0.05) is 24.1 Å². The summed E-state index contributed by atoms with van der Waals surface area (Å²) in [4.78, 5) is 14.9. The minimum absolute atomic E-state index is 0.233. The van der Waals surface area contributed by atoms with Crippen molar-refractivity contribution in [2.75, 3.05) is 19.1 Å². The van der Waals surface area contributed by atoms with E-state index in [1.54, 1.807) is 30.4 Å². The van der Waals surface area contributed by atoms with Crippen molar-refractivity contribution in [3.8, 4) is 28.0 Å². The first-order valence-corrected chi connectivity index (χ1v) is 8.63. The fourth-order valence-corrected chi connectivity index (χ4v) is 3.19. The lowest BCUT2D eigenvalue weighted by atomic mass is 10.2. The number of methoxy groups -OCH3 is 1. The highest BCUT2D eigenvalue weighted by molar-refractivity contribution is 7.14. The van der Waals surface area contributed by atoms with Gasteiger partial charge in [0.05, 0.1) is 12.8 Å². The minimum atomic E-state index is -0.233. The molecule has 3 nitrogen and oxygen atoms in total. The van der Waals surface area contributed by atoms with Crippen molar-refractivity contribution in [1.82, 2.24) is 0 Å². The Morgan fingerprint density at radius 3 is 2.48 bits per heavy atom. The van der Waals surface area contributed by atoms with Crippen LogP contribution in [0.3, 0.4) is 0 Å². The Labute approximate surface area is 151 Å². The molecular weight excluding hydrogens is 330 g/mol. The van der Waals surface area contributed by atoms with E-state index in [9.17, 15) is 4.79 Å². The number of rotatable bonds is 3. The van der Waals surface area contributed by atoms with Crippen LogP contribution in [-0.2, 0) is 4.79 Å². The molecule has 4 heteroatoms. The summed E-state index contributed by atoms with van der Waals surface area (Å²) in [5.74, 6) is 6.17. The monoisotopic (exact) mass is 347 g/mol. The lowest BCUT2D eigenvalue weighted by Gasteiger charge is -2.10. The van der Waals surface area contributed by atoms with E-state index in [1.165, 1.54) is 0 Å². The molecule has 0 N–H and O–H groups in total. The average Bonchev–Trinajstić information content (AvgIpc) is 3.16. The van der Waals surface area contributed by atoms with Gasteiger partial charge >= 0.3 is 5.91 Å². The Hall–Kier alpha value is -3.03. The van der Waals surface area contributed by atoms with Crippen LogP contribution >= 0.6 is 11.3 Å². The molecule has 0 spiro atoms. The second-order valence-corrected chi connectivity index (χ2v) is 6.29. The van der Waals surface area contributed by atoms with Gasteiger partial charge in [0.2, 0.25) is 0 Å². The molecule has 0 bridgehead atoms. The van der Waals surface area contributed by atoms with Crippen LogP contribution in [0, 0.1) is 11.8 Å². The van der Waals surface area contributed by atoms with Crippen molar-refractivity contribution >= 4 is 22.9 Å². The third-order valence-corrected chi connectivity index (χ3v) is 4.71. The van der Waals surface area contributed by atoms with Gasteiger partial charge in [0.15, 0.2) is 0 Å². The van der Waals surface area contributed by atoms with Crippen LogP contribution in [0.5, 0.6) is 5.75 Å². The predicted molar refractivity (Wildman–Crippen MR) is 103 cm³/mol. The number of carbonyl (C=O) groups is 1. The highest BCUT2D eigenvalue weighted by Crippen LogP contribution is 2.32. The van der Waals surface area contributed by atoms with Crippen molar-refractivity contribution in [3.63, 3.8) is 0 Å². The van der Waals surface area contributed by atoms with Crippen molar-refractivity contribution in [3.05, 3.63) is 71.6 Å². The molecule has 1 amide bonds. The van der Waals surface area contributed by atoms with Crippen molar-refractivity contribution < 1.29 is 9.53 Å². The zero-order valence-corrected chi connectivity index (χ0v) is 14.8. The van der Waals surface area contributed by atoms with E-state index in [0.717, 1.165) is 27.4 Å². The molecule has 0 saturated heterocycles. The summed E-state index contributed by atoms with van der Waals surface area (Å²) >= 11 is 1.59. The number of benzene rings is 2. The normalized spacial score (nSPS) is 9.84. The first-order valence-electron chi connectivity index (χ1n) is 7.75. The molecule has 0 aliphatic heterocycles. The van der Waals surface area contributed by atoms with E-state index >= 15 is 0 Å². The summed E-state index contributed by atoms with van der Waals surface area (Å²) in [7, 11) is 3.39. The maximum absolute atomic E-state index is 12.3. The van der Waals surface area contributed by atoms with Crippen LogP contribution in [0.25, 0.3) is 10.4 Å². The van der Waals surface area contributed by atoms with Crippen LogP contribution in [-0.4, -0.2) is 20.1 Å². The fourth-order valence-electron chi connectivity index (χ4n) is 2.26. The summed E-state index contributed by atoms with van der Waals surface area (Å²) in [5.41, 5.74) is 2.75. The zero-order chi connectivity index (χ0) is 17.6. The molecule has 0 fully saturated rings. The first kappa shape index (κ1) is 16.8. The van der Waals surface area contributed by atoms with Crippen molar-refractivity contribution in [2.24, 2.45) is 0 Å². The standard InChI is InChI=1S/C21H17NO2S/c1-22(21(23)13-8-16-6-4-3-5-7-16)18-14-20(25-15-18)17-9-11-19(24-2)12-10-17/h3-7,9-12,14-15H,1-2H3. The molecule has 0 aliphatic rings. The molecule has 3 aromatic rings. The number of amides is 1. The van der Waals surface area contributed by atoms with Crippen molar-refractivity contribution in [1.29, 1.82) is 0 Å². The number of thiophene rings is 1. The van der Waals surface area contributed by atoms with Gasteiger partial charge < -0.3 is 9.64 Å². The van der Waals surface area contributed by atoms with E-state index in [1.807, 2.05) is 66.0 Å². The number of carbonyl (C=O) groups excluding carboxylic acids is 1. The van der Waals surface area contributed by atoms with Crippen LogP contribution in [0.15, 0.2) is 66.0 Å². The largest absolute Gasteiger partial charge is 0.497 e. The Morgan fingerprint density at radius 2 is 1.80 bits per heavy atom. The summed E-state index contributed by atoms with van der Waals surface area (Å²) in [5, 5.41) is 1.96. The molecule has 25 heavy (non-hydrogen) atoms. The molecule has 1 heterocycles. The van der Waals surface area contributed by atoms with Crippen LogP contribution in [0.4, 0.5) is 5.69 Å². The summed E-state index contributed by atoms with van der Waals surface area (Å²) in [6.45, 7) is 0. The van der Waals surface area contributed by atoms with Crippen LogP contribution in [0.1, 0.15) is 5.56 Å². The number of anilines is 1. The lowest BCUT2D eigenvalue weighted by molar-refractivity contribution is -0.113. The molecule has 0 atom stereocenters. The molecular formula is C21H17NO2S.